The first kappa shape index (κ1) is 34.7. The van der Waals surface area contributed by atoms with Crippen molar-refractivity contribution in [2.45, 2.75) is 83.7 Å². The maximum Gasteiger partial charge on any atom is 0.0804 e. The zero-order chi connectivity index (χ0) is 25.5. The summed E-state index contributed by atoms with van der Waals surface area (Å²) in [4.78, 5) is 0. The Bertz CT molecular complexity index is 373. The van der Waals surface area contributed by atoms with Crippen molar-refractivity contribution >= 4 is 0 Å². The van der Waals surface area contributed by atoms with E-state index in [2.05, 4.69) is 6.92 Å². The van der Waals surface area contributed by atoms with E-state index < -0.39 is 0 Å². The second kappa shape index (κ2) is 31.7. The molecule has 0 aromatic rings. The third-order valence-electron chi connectivity index (χ3n) is 5.61. The molecule has 0 saturated heterocycles. The van der Waals surface area contributed by atoms with Gasteiger partial charge in [0.05, 0.1) is 92.0 Å². The van der Waals surface area contributed by atoms with Crippen molar-refractivity contribution in [3.63, 3.8) is 0 Å². The SMILES string of the molecule is CCCCCCCCCCCCC(COCCOCCOCCOCCOCCOCCO)OC. The number of aliphatic hydroxyl groups excluding tert-OH is 1. The van der Waals surface area contributed by atoms with E-state index in [1.54, 1.807) is 7.11 Å². The molecule has 0 fully saturated rings. The predicted octanol–water partition coefficient (Wildman–Crippen LogP) is 4.40. The highest BCUT2D eigenvalue weighted by atomic mass is 16.6. The van der Waals surface area contributed by atoms with Gasteiger partial charge in [0.25, 0.3) is 0 Å². The lowest BCUT2D eigenvalue weighted by Gasteiger charge is -2.15. The minimum Gasteiger partial charge on any atom is -0.394 e. The van der Waals surface area contributed by atoms with E-state index in [1.807, 2.05) is 0 Å². The number of methoxy groups -OCH3 is 1. The zero-order valence-corrected chi connectivity index (χ0v) is 22.9. The summed E-state index contributed by atoms with van der Waals surface area (Å²) in [6.07, 6.45) is 14.8. The normalized spacial score (nSPS) is 12.4. The molecular formula is C27H56O8. The number of rotatable bonds is 31. The highest BCUT2D eigenvalue weighted by Gasteiger charge is 2.07. The van der Waals surface area contributed by atoms with E-state index >= 15 is 0 Å². The van der Waals surface area contributed by atoms with Gasteiger partial charge in [0.15, 0.2) is 0 Å². The minimum atomic E-state index is 0.0379. The fourth-order valence-electron chi connectivity index (χ4n) is 3.51. The van der Waals surface area contributed by atoms with Crippen LogP contribution >= 0.6 is 0 Å². The maximum absolute atomic E-state index is 8.57. The van der Waals surface area contributed by atoms with Gasteiger partial charge in [-0.05, 0) is 6.42 Å². The van der Waals surface area contributed by atoms with Gasteiger partial charge in [0.2, 0.25) is 0 Å². The van der Waals surface area contributed by atoms with Crippen LogP contribution in [0.15, 0.2) is 0 Å². The molecule has 1 unspecified atom stereocenters. The summed E-state index contributed by atoms with van der Waals surface area (Å²) in [7, 11) is 1.77. The molecule has 0 heterocycles. The molecule has 8 heteroatoms. The van der Waals surface area contributed by atoms with Gasteiger partial charge in [-0.2, -0.15) is 0 Å². The fraction of sp³-hybridized carbons (Fsp3) is 1.00. The fourth-order valence-corrected chi connectivity index (χ4v) is 3.51. The van der Waals surface area contributed by atoms with Crippen molar-refractivity contribution < 1.29 is 38.3 Å². The summed E-state index contributed by atoms with van der Waals surface area (Å²) in [5.74, 6) is 0. The Morgan fingerprint density at radius 3 is 1.26 bits per heavy atom. The average Bonchev–Trinajstić information content (AvgIpc) is 2.87. The molecule has 0 spiro atoms. The Kier molecular flexibility index (Phi) is 31.4. The van der Waals surface area contributed by atoms with Crippen LogP contribution in [0.3, 0.4) is 0 Å². The van der Waals surface area contributed by atoms with Crippen molar-refractivity contribution in [2.75, 3.05) is 93.0 Å². The Balaban J connectivity index is 3.23. The van der Waals surface area contributed by atoms with Crippen molar-refractivity contribution in [1.82, 2.24) is 0 Å². The van der Waals surface area contributed by atoms with Crippen LogP contribution in [-0.2, 0) is 33.2 Å². The van der Waals surface area contributed by atoms with E-state index in [-0.39, 0.29) is 12.7 Å². The van der Waals surface area contributed by atoms with Gasteiger partial charge in [-0.3, -0.25) is 0 Å². The lowest BCUT2D eigenvalue weighted by molar-refractivity contribution is -0.0316. The zero-order valence-electron chi connectivity index (χ0n) is 22.9. The average molecular weight is 509 g/mol. The predicted molar refractivity (Wildman–Crippen MR) is 139 cm³/mol. The van der Waals surface area contributed by atoms with E-state index in [4.69, 9.17) is 38.3 Å². The summed E-state index contributed by atoms with van der Waals surface area (Å²) in [5.41, 5.74) is 0. The van der Waals surface area contributed by atoms with Crippen LogP contribution in [0, 0.1) is 0 Å². The molecule has 8 nitrogen and oxygen atoms in total. The van der Waals surface area contributed by atoms with Crippen LogP contribution < -0.4 is 0 Å². The number of ether oxygens (including phenoxy) is 7. The third kappa shape index (κ3) is 29.8. The van der Waals surface area contributed by atoms with E-state index in [0.29, 0.717) is 79.3 Å². The smallest absolute Gasteiger partial charge is 0.0804 e. The van der Waals surface area contributed by atoms with Crippen LogP contribution in [0.2, 0.25) is 0 Å². The molecule has 0 amide bonds. The molecule has 0 aliphatic rings. The molecule has 35 heavy (non-hydrogen) atoms. The van der Waals surface area contributed by atoms with Crippen molar-refractivity contribution in [3.8, 4) is 0 Å². The summed E-state index contributed by atoms with van der Waals surface area (Å²) in [6.45, 7) is 8.63. The molecule has 0 aromatic carbocycles. The maximum atomic E-state index is 8.57. The Morgan fingerprint density at radius 1 is 0.486 bits per heavy atom. The van der Waals surface area contributed by atoms with Gasteiger partial charge in [0, 0.05) is 7.11 Å². The van der Waals surface area contributed by atoms with Gasteiger partial charge in [-0.15, -0.1) is 0 Å². The molecule has 0 bridgehead atoms. The summed E-state index contributed by atoms with van der Waals surface area (Å²) >= 11 is 0. The van der Waals surface area contributed by atoms with Crippen LogP contribution in [0.1, 0.15) is 77.6 Å². The number of hydrogen-bond donors (Lipinski definition) is 1. The molecule has 0 aliphatic heterocycles. The standard InChI is InChI=1S/C27H56O8/c1-3-4-5-6-7-8-9-10-11-12-13-27(29-2)26-35-25-24-34-23-22-33-21-20-32-19-18-31-17-16-30-15-14-28/h27-28H,3-26H2,1-2H3. The van der Waals surface area contributed by atoms with Crippen LogP contribution in [0.5, 0.6) is 0 Å². The highest BCUT2D eigenvalue weighted by Crippen LogP contribution is 2.13. The van der Waals surface area contributed by atoms with E-state index in [0.717, 1.165) is 6.42 Å². The second-order valence-electron chi connectivity index (χ2n) is 8.69. The summed E-state index contributed by atoms with van der Waals surface area (Å²) in [6, 6.07) is 0. The van der Waals surface area contributed by atoms with Crippen molar-refractivity contribution in [1.29, 1.82) is 0 Å². The Morgan fingerprint density at radius 2 is 0.857 bits per heavy atom. The first-order valence-corrected chi connectivity index (χ1v) is 13.9. The molecule has 0 aliphatic carbocycles. The largest absolute Gasteiger partial charge is 0.394 e. The lowest BCUT2D eigenvalue weighted by atomic mass is 10.0. The van der Waals surface area contributed by atoms with Crippen LogP contribution in [0.25, 0.3) is 0 Å². The second-order valence-corrected chi connectivity index (χ2v) is 8.69. The Hall–Kier alpha value is -0.320. The quantitative estimate of drug-likeness (QED) is 0.138. The lowest BCUT2D eigenvalue weighted by Crippen LogP contribution is -2.20. The van der Waals surface area contributed by atoms with Crippen molar-refractivity contribution in [2.24, 2.45) is 0 Å². The van der Waals surface area contributed by atoms with Gasteiger partial charge < -0.3 is 38.3 Å². The van der Waals surface area contributed by atoms with Gasteiger partial charge in [-0.1, -0.05) is 71.1 Å². The summed E-state index contributed by atoms with van der Waals surface area (Å²) < 4.78 is 38.1. The molecule has 1 atom stereocenters. The Labute approximate surface area is 215 Å². The molecule has 0 rings (SSSR count). The molecule has 1 N–H and O–H groups in total. The van der Waals surface area contributed by atoms with Crippen LogP contribution in [0.4, 0.5) is 0 Å². The first-order chi connectivity index (χ1) is 17.3. The molecule has 212 valence electrons. The van der Waals surface area contributed by atoms with Crippen molar-refractivity contribution in [3.05, 3.63) is 0 Å². The third-order valence-corrected chi connectivity index (χ3v) is 5.61. The topological polar surface area (TPSA) is 84.8 Å². The minimum absolute atomic E-state index is 0.0379. The molecule has 0 aromatic heterocycles. The number of hydrogen-bond acceptors (Lipinski definition) is 8. The van der Waals surface area contributed by atoms with E-state index in [1.165, 1.54) is 64.2 Å². The molecular weight excluding hydrogens is 452 g/mol. The molecule has 0 radical (unpaired) electrons. The van der Waals surface area contributed by atoms with Crippen LogP contribution in [-0.4, -0.2) is 104 Å². The highest BCUT2D eigenvalue weighted by molar-refractivity contribution is 4.57. The number of aliphatic hydroxyl groups is 1. The summed E-state index contributed by atoms with van der Waals surface area (Å²) in [5, 5.41) is 8.57. The van der Waals surface area contributed by atoms with Gasteiger partial charge in [0.1, 0.15) is 0 Å². The van der Waals surface area contributed by atoms with E-state index in [9.17, 15) is 0 Å². The number of unbranched alkanes of at least 4 members (excludes halogenated alkanes) is 9. The monoisotopic (exact) mass is 508 g/mol. The van der Waals surface area contributed by atoms with Gasteiger partial charge in [-0.25, -0.2) is 0 Å². The van der Waals surface area contributed by atoms with Gasteiger partial charge >= 0.3 is 0 Å². The molecule has 0 saturated carbocycles. The first-order valence-electron chi connectivity index (χ1n) is 13.9.